The van der Waals surface area contributed by atoms with Crippen LogP contribution in [0.1, 0.15) is 32.8 Å². The number of rotatable bonds is 9. The van der Waals surface area contributed by atoms with Crippen molar-refractivity contribution in [3.63, 3.8) is 0 Å². The maximum Gasteiger partial charge on any atom is 0.320 e. The van der Waals surface area contributed by atoms with Crippen LogP contribution in [0.3, 0.4) is 0 Å². The fraction of sp³-hybridized carbons (Fsp3) is 0.562. The lowest BCUT2D eigenvalue weighted by Crippen LogP contribution is -2.40. The average Bonchev–Trinajstić information content (AvgIpc) is 2.45. The van der Waals surface area contributed by atoms with Gasteiger partial charge in [-0.15, -0.1) is 0 Å². The van der Waals surface area contributed by atoms with Gasteiger partial charge in [0.05, 0.1) is 18.2 Å². The maximum absolute atomic E-state index is 11.2. The van der Waals surface area contributed by atoms with Crippen molar-refractivity contribution in [3.8, 4) is 11.5 Å². The molecule has 2 N–H and O–H groups in total. The monoisotopic (exact) mass is 373 g/mol. The number of nitrogens with one attached hydrogen (secondary N) is 1. The number of benzene rings is 1. The van der Waals surface area contributed by atoms with Crippen LogP contribution in [0.15, 0.2) is 16.6 Å². The molecule has 1 atom stereocenters. The van der Waals surface area contributed by atoms with E-state index in [1.54, 1.807) is 7.11 Å². The van der Waals surface area contributed by atoms with E-state index in [0.717, 1.165) is 16.5 Å². The van der Waals surface area contributed by atoms with Crippen molar-refractivity contribution in [2.45, 2.75) is 39.8 Å². The topological polar surface area (TPSA) is 67.8 Å². The van der Waals surface area contributed by atoms with Crippen molar-refractivity contribution in [2.24, 2.45) is 5.92 Å². The molecule has 0 saturated carbocycles. The molecule has 1 aromatic rings. The van der Waals surface area contributed by atoms with Crippen molar-refractivity contribution >= 4 is 21.9 Å². The van der Waals surface area contributed by atoms with Crippen LogP contribution in [0.4, 0.5) is 0 Å². The minimum absolute atomic E-state index is 0.00926. The van der Waals surface area contributed by atoms with Gasteiger partial charge in [-0.1, -0.05) is 20.8 Å². The molecular weight excluding hydrogens is 350 g/mol. The molecule has 0 saturated heterocycles. The molecule has 0 fully saturated rings. The second kappa shape index (κ2) is 9.00. The standard InChI is InChI=1S/C16H24BrNO4/c1-5-6-22-15-12(17)7-11(8-13(15)21-4)9-18-14(10(2)3)16(19)20/h7-8,10,14,18H,5-6,9H2,1-4H3,(H,19,20)/t14-/m0/s1. The van der Waals surface area contributed by atoms with Gasteiger partial charge in [0, 0.05) is 6.54 Å². The Bertz CT molecular complexity index is 505. The molecule has 0 bridgehead atoms. The first kappa shape index (κ1) is 18.8. The largest absolute Gasteiger partial charge is 0.493 e. The molecule has 0 aromatic heterocycles. The van der Waals surface area contributed by atoms with Crippen LogP contribution >= 0.6 is 15.9 Å². The SMILES string of the molecule is CCCOc1c(Br)cc(CN[C@H](C(=O)O)C(C)C)cc1OC. The molecule has 5 nitrogen and oxygen atoms in total. The van der Waals surface area contributed by atoms with Gasteiger partial charge in [-0.05, 0) is 46.0 Å². The molecule has 1 rings (SSSR count). The predicted octanol–water partition coefficient (Wildman–Crippen LogP) is 3.45. The molecule has 0 spiro atoms. The van der Waals surface area contributed by atoms with E-state index in [9.17, 15) is 9.90 Å². The molecule has 0 radical (unpaired) electrons. The summed E-state index contributed by atoms with van der Waals surface area (Å²) in [5.41, 5.74) is 0.930. The summed E-state index contributed by atoms with van der Waals surface area (Å²) in [6.45, 7) is 6.85. The number of hydrogen-bond donors (Lipinski definition) is 2. The summed E-state index contributed by atoms with van der Waals surface area (Å²) >= 11 is 3.48. The number of ether oxygens (including phenoxy) is 2. The molecule has 0 aliphatic heterocycles. The number of hydrogen-bond acceptors (Lipinski definition) is 4. The van der Waals surface area contributed by atoms with Crippen molar-refractivity contribution in [2.75, 3.05) is 13.7 Å². The Morgan fingerprint density at radius 3 is 2.59 bits per heavy atom. The molecule has 0 aliphatic carbocycles. The Morgan fingerprint density at radius 2 is 2.09 bits per heavy atom. The van der Waals surface area contributed by atoms with Crippen LogP contribution in [0.5, 0.6) is 11.5 Å². The van der Waals surface area contributed by atoms with Crippen molar-refractivity contribution in [1.29, 1.82) is 0 Å². The number of carbonyl (C=O) groups is 1. The van der Waals surface area contributed by atoms with Gasteiger partial charge in [-0.2, -0.15) is 0 Å². The summed E-state index contributed by atoms with van der Waals surface area (Å²) in [6.07, 6.45) is 0.910. The van der Waals surface area contributed by atoms with Crippen LogP contribution in [-0.2, 0) is 11.3 Å². The predicted molar refractivity (Wildman–Crippen MR) is 89.6 cm³/mol. The quantitative estimate of drug-likeness (QED) is 0.693. The molecule has 0 unspecified atom stereocenters. The van der Waals surface area contributed by atoms with Crippen molar-refractivity contribution < 1.29 is 19.4 Å². The Kier molecular flexibility index (Phi) is 7.68. The molecule has 1 aromatic carbocycles. The molecule has 0 heterocycles. The first-order chi connectivity index (χ1) is 10.4. The van der Waals surface area contributed by atoms with Gasteiger partial charge in [0.1, 0.15) is 6.04 Å². The third-order valence-electron chi connectivity index (χ3n) is 3.20. The zero-order valence-electron chi connectivity index (χ0n) is 13.5. The van der Waals surface area contributed by atoms with Gasteiger partial charge in [0.25, 0.3) is 0 Å². The van der Waals surface area contributed by atoms with Crippen LogP contribution in [0.25, 0.3) is 0 Å². The van der Waals surface area contributed by atoms with E-state index in [4.69, 9.17) is 9.47 Å². The minimum atomic E-state index is -0.844. The van der Waals surface area contributed by atoms with Gasteiger partial charge in [-0.25, -0.2) is 0 Å². The Hall–Kier alpha value is -1.27. The maximum atomic E-state index is 11.2. The van der Waals surface area contributed by atoms with E-state index in [1.165, 1.54) is 0 Å². The highest BCUT2D eigenvalue weighted by atomic mass is 79.9. The van der Waals surface area contributed by atoms with E-state index < -0.39 is 12.0 Å². The van der Waals surface area contributed by atoms with Gasteiger partial charge >= 0.3 is 5.97 Å². The van der Waals surface area contributed by atoms with Gasteiger partial charge in [0.2, 0.25) is 0 Å². The zero-order chi connectivity index (χ0) is 16.7. The first-order valence-electron chi connectivity index (χ1n) is 7.36. The number of halogens is 1. The summed E-state index contributed by atoms with van der Waals surface area (Å²) in [4.78, 5) is 11.2. The van der Waals surface area contributed by atoms with Crippen molar-refractivity contribution in [3.05, 3.63) is 22.2 Å². The second-order valence-corrected chi connectivity index (χ2v) is 6.25. The van der Waals surface area contributed by atoms with Crippen LogP contribution < -0.4 is 14.8 Å². The molecule has 6 heteroatoms. The van der Waals surface area contributed by atoms with E-state index in [2.05, 4.69) is 21.2 Å². The number of carboxylic acid groups (broad SMARTS) is 1. The lowest BCUT2D eigenvalue weighted by molar-refractivity contribution is -0.140. The highest BCUT2D eigenvalue weighted by molar-refractivity contribution is 9.10. The first-order valence-corrected chi connectivity index (χ1v) is 8.15. The Morgan fingerprint density at radius 1 is 1.41 bits per heavy atom. The lowest BCUT2D eigenvalue weighted by Gasteiger charge is -2.19. The van der Waals surface area contributed by atoms with E-state index in [0.29, 0.717) is 24.7 Å². The zero-order valence-corrected chi connectivity index (χ0v) is 15.1. The van der Waals surface area contributed by atoms with Gasteiger partial charge < -0.3 is 19.9 Å². The summed E-state index contributed by atoms with van der Waals surface area (Å²) in [5.74, 6) is 0.474. The van der Waals surface area contributed by atoms with E-state index in [1.807, 2.05) is 32.9 Å². The lowest BCUT2D eigenvalue weighted by atomic mass is 10.0. The van der Waals surface area contributed by atoms with Gasteiger partial charge in [0.15, 0.2) is 11.5 Å². The molecule has 0 aliphatic rings. The van der Waals surface area contributed by atoms with E-state index >= 15 is 0 Å². The van der Waals surface area contributed by atoms with Crippen LogP contribution in [-0.4, -0.2) is 30.8 Å². The van der Waals surface area contributed by atoms with Crippen LogP contribution in [0, 0.1) is 5.92 Å². The number of aliphatic carboxylic acids is 1. The highest BCUT2D eigenvalue weighted by Crippen LogP contribution is 2.36. The number of carboxylic acids is 1. The summed E-state index contributed by atoms with van der Waals surface area (Å²) in [7, 11) is 1.59. The molecular formula is C16H24BrNO4. The molecule has 22 heavy (non-hydrogen) atoms. The van der Waals surface area contributed by atoms with Gasteiger partial charge in [-0.3, -0.25) is 4.79 Å². The Balaban J connectivity index is 2.88. The molecule has 124 valence electrons. The average molecular weight is 374 g/mol. The number of methoxy groups -OCH3 is 1. The second-order valence-electron chi connectivity index (χ2n) is 5.40. The summed E-state index contributed by atoms with van der Waals surface area (Å²) < 4.78 is 11.8. The highest BCUT2D eigenvalue weighted by Gasteiger charge is 2.21. The normalized spacial score (nSPS) is 12.3. The third-order valence-corrected chi connectivity index (χ3v) is 3.79. The molecule has 0 amide bonds. The van der Waals surface area contributed by atoms with E-state index in [-0.39, 0.29) is 5.92 Å². The summed E-state index contributed by atoms with van der Waals surface area (Å²) in [6, 6.07) is 3.20. The fourth-order valence-corrected chi connectivity index (χ4v) is 2.66. The fourth-order valence-electron chi connectivity index (χ4n) is 2.06. The minimum Gasteiger partial charge on any atom is -0.493 e. The summed E-state index contributed by atoms with van der Waals surface area (Å²) in [5, 5.41) is 12.3. The van der Waals surface area contributed by atoms with Crippen molar-refractivity contribution in [1.82, 2.24) is 5.32 Å². The third kappa shape index (κ3) is 5.18. The van der Waals surface area contributed by atoms with Crippen LogP contribution in [0.2, 0.25) is 0 Å². The Labute approximate surface area is 140 Å². The smallest absolute Gasteiger partial charge is 0.320 e.